The van der Waals surface area contributed by atoms with Crippen LogP contribution in [0.2, 0.25) is 0 Å². The Morgan fingerprint density at radius 2 is 2.00 bits per heavy atom. The molecule has 2 amide bonds. The summed E-state index contributed by atoms with van der Waals surface area (Å²) in [6, 6.07) is 7.08. The highest BCUT2D eigenvalue weighted by Crippen LogP contribution is 2.32. The van der Waals surface area contributed by atoms with Gasteiger partial charge in [-0.3, -0.25) is 14.5 Å². The van der Waals surface area contributed by atoms with Gasteiger partial charge < -0.3 is 14.6 Å². The molecule has 0 aromatic heterocycles. The summed E-state index contributed by atoms with van der Waals surface area (Å²) in [4.78, 5) is 35.7. The largest absolute Gasteiger partial charge is 0.550 e. The standard InChI is InChI=1S/C15H15NO5S/c1-21-11-6-4-10(5-7-11)9-12-14(19)16(15(20)22-12)8-2-3-13(17)18/h4-7,9H,2-3,8H2,1H3,(H,17,18)/p-1/b12-9-. The van der Waals surface area contributed by atoms with Gasteiger partial charge >= 0.3 is 0 Å². The minimum Gasteiger partial charge on any atom is -0.550 e. The van der Waals surface area contributed by atoms with Crippen molar-refractivity contribution in [3.63, 3.8) is 0 Å². The molecular formula is C15H14NO5S-. The van der Waals surface area contributed by atoms with Crippen LogP contribution in [0, 0.1) is 0 Å². The third-order valence-electron chi connectivity index (χ3n) is 3.05. The predicted molar refractivity (Wildman–Crippen MR) is 79.9 cm³/mol. The molecule has 1 aromatic carbocycles. The second-order valence-electron chi connectivity index (χ2n) is 4.58. The molecule has 0 radical (unpaired) electrons. The molecule has 1 aliphatic heterocycles. The Balaban J connectivity index is 2.06. The molecule has 6 nitrogen and oxygen atoms in total. The molecule has 0 N–H and O–H groups in total. The maximum absolute atomic E-state index is 12.1. The summed E-state index contributed by atoms with van der Waals surface area (Å²) in [5.74, 6) is -0.891. The van der Waals surface area contributed by atoms with Crippen LogP contribution in [0.4, 0.5) is 4.79 Å². The van der Waals surface area contributed by atoms with E-state index in [1.165, 1.54) is 0 Å². The quantitative estimate of drug-likeness (QED) is 0.733. The maximum Gasteiger partial charge on any atom is 0.293 e. The second-order valence-corrected chi connectivity index (χ2v) is 5.58. The first-order valence-corrected chi connectivity index (χ1v) is 7.42. The number of ether oxygens (including phenoxy) is 1. The van der Waals surface area contributed by atoms with E-state index in [4.69, 9.17) is 4.74 Å². The number of nitrogens with zero attached hydrogens (tertiary/aromatic N) is 1. The van der Waals surface area contributed by atoms with Crippen LogP contribution in [0.15, 0.2) is 29.2 Å². The summed E-state index contributed by atoms with van der Waals surface area (Å²) in [7, 11) is 1.56. The smallest absolute Gasteiger partial charge is 0.293 e. The molecule has 0 spiro atoms. The zero-order valence-electron chi connectivity index (χ0n) is 11.9. The third-order valence-corrected chi connectivity index (χ3v) is 3.96. The van der Waals surface area contributed by atoms with Crippen LogP contribution in [-0.2, 0) is 9.59 Å². The van der Waals surface area contributed by atoms with Crippen LogP contribution in [-0.4, -0.2) is 35.7 Å². The molecular weight excluding hydrogens is 306 g/mol. The number of carbonyl (C=O) groups excluding carboxylic acids is 3. The highest BCUT2D eigenvalue weighted by Gasteiger charge is 2.34. The van der Waals surface area contributed by atoms with Gasteiger partial charge in [-0.25, -0.2) is 0 Å². The molecule has 7 heteroatoms. The van der Waals surface area contributed by atoms with Gasteiger partial charge in [-0.1, -0.05) is 12.1 Å². The van der Waals surface area contributed by atoms with Crippen molar-refractivity contribution in [2.24, 2.45) is 0 Å². The van der Waals surface area contributed by atoms with Gasteiger partial charge in [0, 0.05) is 12.5 Å². The first-order valence-electron chi connectivity index (χ1n) is 6.60. The van der Waals surface area contributed by atoms with Crippen LogP contribution >= 0.6 is 11.8 Å². The van der Waals surface area contributed by atoms with Gasteiger partial charge in [0.2, 0.25) is 0 Å². The molecule has 1 heterocycles. The molecule has 22 heavy (non-hydrogen) atoms. The molecule has 0 saturated carbocycles. The summed E-state index contributed by atoms with van der Waals surface area (Å²) >= 11 is 0.850. The van der Waals surface area contributed by atoms with E-state index in [2.05, 4.69) is 0 Å². The van der Waals surface area contributed by atoms with E-state index in [0.29, 0.717) is 10.7 Å². The Hall–Kier alpha value is -2.28. The lowest BCUT2D eigenvalue weighted by Gasteiger charge is -2.12. The topological polar surface area (TPSA) is 86.7 Å². The lowest BCUT2D eigenvalue weighted by atomic mass is 10.2. The van der Waals surface area contributed by atoms with Crippen LogP contribution in [0.5, 0.6) is 5.75 Å². The van der Waals surface area contributed by atoms with Crippen molar-refractivity contribution in [3.05, 3.63) is 34.7 Å². The normalized spacial score (nSPS) is 16.4. The van der Waals surface area contributed by atoms with Crippen molar-refractivity contribution in [1.29, 1.82) is 0 Å². The zero-order valence-corrected chi connectivity index (χ0v) is 12.7. The number of methoxy groups -OCH3 is 1. The van der Waals surface area contributed by atoms with E-state index in [1.807, 2.05) is 0 Å². The molecule has 116 valence electrons. The van der Waals surface area contributed by atoms with Crippen LogP contribution < -0.4 is 9.84 Å². The fourth-order valence-electron chi connectivity index (χ4n) is 1.93. The van der Waals surface area contributed by atoms with Gasteiger partial charge in [-0.15, -0.1) is 0 Å². The SMILES string of the molecule is COc1ccc(/C=C2\SC(=O)N(CCCC(=O)[O-])C2=O)cc1. The van der Waals surface area contributed by atoms with Gasteiger partial charge in [0.25, 0.3) is 11.1 Å². The number of imide groups is 1. The predicted octanol–water partition coefficient (Wildman–Crippen LogP) is 1.26. The monoisotopic (exact) mass is 320 g/mol. The van der Waals surface area contributed by atoms with E-state index in [-0.39, 0.29) is 24.6 Å². The van der Waals surface area contributed by atoms with Crippen LogP contribution in [0.3, 0.4) is 0 Å². The number of carboxylic acid groups (broad SMARTS) is 1. The molecule has 0 unspecified atom stereocenters. The average molecular weight is 320 g/mol. The van der Waals surface area contributed by atoms with Crippen molar-refractivity contribution in [1.82, 2.24) is 4.90 Å². The van der Waals surface area contributed by atoms with Crippen LogP contribution in [0.1, 0.15) is 18.4 Å². The minimum atomic E-state index is -1.19. The van der Waals surface area contributed by atoms with Gasteiger partial charge in [0.1, 0.15) is 5.75 Å². The average Bonchev–Trinajstić information content (AvgIpc) is 2.75. The van der Waals surface area contributed by atoms with E-state index in [0.717, 1.165) is 22.2 Å². The number of thioether (sulfide) groups is 1. The van der Waals surface area contributed by atoms with E-state index in [1.54, 1.807) is 37.5 Å². The Kier molecular flexibility index (Phi) is 5.21. The summed E-state index contributed by atoms with van der Waals surface area (Å²) < 4.78 is 5.05. The zero-order chi connectivity index (χ0) is 16.1. The lowest BCUT2D eigenvalue weighted by molar-refractivity contribution is -0.305. The fourth-order valence-corrected chi connectivity index (χ4v) is 2.79. The second kappa shape index (κ2) is 7.13. The number of aliphatic carboxylic acids is 1. The summed E-state index contributed by atoms with van der Waals surface area (Å²) in [5, 5.41) is 9.98. The molecule has 2 rings (SSSR count). The molecule has 1 aliphatic rings. The van der Waals surface area contributed by atoms with Crippen molar-refractivity contribution >= 4 is 35.0 Å². The Labute approximate surface area is 131 Å². The van der Waals surface area contributed by atoms with E-state index >= 15 is 0 Å². The molecule has 0 atom stereocenters. The van der Waals surface area contributed by atoms with Crippen molar-refractivity contribution in [2.45, 2.75) is 12.8 Å². The van der Waals surface area contributed by atoms with E-state index < -0.39 is 11.9 Å². The van der Waals surface area contributed by atoms with Crippen molar-refractivity contribution in [3.8, 4) is 5.75 Å². The number of amides is 2. The summed E-state index contributed by atoms with van der Waals surface area (Å²) in [6.07, 6.45) is 1.64. The van der Waals surface area contributed by atoms with E-state index in [9.17, 15) is 19.5 Å². The molecule has 0 bridgehead atoms. The Bertz CT molecular complexity index is 623. The highest BCUT2D eigenvalue weighted by atomic mass is 32.2. The van der Waals surface area contributed by atoms with Gasteiger partial charge in [0.05, 0.1) is 12.0 Å². The fraction of sp³-hybridized carbons (Fsp3) is 0.267. The molecule has 1 saturated heterocycles. The van der Waals surface area contributed by atoms with Gasteiger partial charge in [-0.2, -0.15) is 0 Å². The first kappa shape index (κ1) is 16.1. The highest BCUT2D eigenvalue weighted by molar-refractivity contribution is 8.18. The summed E-state index contributed by atoms with van der Waals surface area (Å²) in [5.41, 5.74) is 0.779. The molecule has 1 aromatic rings. The van der Waals surface area contributed by atoms with Crippen LogP contribution in [0.25, 0.3) is 6.08 Å². The number of hydrogen-bond donors (Lipinski definition) is 0. The summed E-state index contributed by atoms with van der Waals surface area (Å²) in [6.45, 7) is 0.0819. The third kappa shape index (κ3) is 3.88. The van der Waals surface area contributed by atoms with Gasteiger partial charge in [-0.05, 0) is 48.4 Å². The Morgan fingerprint density at radius 1 is 1.32 bits per heavy atom. The number of hydrogen-bond acceptors (Lipinski definition) is 6. The maximum atomic E-state index is 12.1. The number of rotatable bonds is 6. The molecule has 1 fully saturated rings. The lowest BCUT2D eigenvalue weighted by Crippen LogP contribution is -2.30. The Morgan fingerprint density at radius 3 is 2.59 bits per heavy atom. The first-order chi connectivity index (χ1) is 10.5. The number of benzene rings is 1. The number of carbonyl (C=O) groups is 3. The minimum absolute atomic E-state index is 0.0819. The molecule has 0 aliphatic carbocycles. The number of carboxylic acids is 1. The van der Waals surface area contributed by atoms with Gasteiger partial charge in [0.15, 0.2) is 0 Å². The van der Waals surface area contributed by atoms with Crippen molar-refractivity contribution in [2.75, 3.05) is 13.7 Å². The van der Waals surface area contributed by atoms with Crippen molar-refractivity contribution < 1.29 is 24.2 Å².